The van der Waals surface area contributed by atoms with E-state index in [0.29, 0.717) is 17.8 Å². The molecule has 2 heterocycles. The van der Waals surface area contributed by atoms with Crippen LogP contribution in [0.1, 0.15) is 49.3 Å². The predicted molar refractivity (Wildman–Crippen MR) is 124 cm³/mol. The molecule has 0 radical (unpaired) electrons. The number of rotatable bonds is 5. The normalized spacial score (nSPS) is 19.4. The van der Waals surface area contributed by atoms with Gasteiger partial charge in [-0.3, -0.25) is 4.90 Å². The lowest BCUT2D eigenvalue weighted by Gasteiger charge is -2.42. The summed E-state index contributed by atoms with van der Waals surface area (Å²) in [5.41, 5.74) is -0.367. The number of aliphatic carboxylic acids is 1. The van der Waals surface area contributed by atoms with E-state index in [0.717, 1.165) is 39.7 Å². The van der Waals surface area contributed by atoms with Crippen molar-refractivity contribution in [3.63, 3.8) is 0 Å². The fourth-order valence-corrected chi connectivity index (χ4v) is 4.86. The third-order valence-electron chi connectivity index (χ3n) is 5.78. The average molecular weight is 522 g/mol. The van der Waals surface area contributed by atoms with Crippen molar-refractivity contribution >= 4 is 38.9 Å². The van der Waals surface area contributed by atoms with Crippen molar-refractivity contribution in [3.05, 3.63) is 75.0 Å². The molecule has 4 rings (SSSR count). The van der Waals surface area contributed by atoms with E-state index in [1.54, 1.807) is 11.0 Å². The standard InChI is InChI=1S/C25H23BrF3NO3/c1-13-8-17-16-11-15(26)5-6-20(16)33-24(17)23(30(13)12-25(2,3)29)22-18(27)9-14(10-19(22)28)4-7-21(31)32/h4-7,9-11,13,23H,8,12H2,1-3H3,(H,31,32)/b7-4+/t13-,23-/m1/s1. The van der Waals surface area contributed by atoms with Crippen LogP contribution >= 0.6 is 15.9 Å². The molecule has 0 unspecified atom stereocenters. The van der Waals surface area contributed by atoms with Crippen LogP contribution in [-0.4, -0.2) is 34.2 Å². The summed E-state index contributed by atoms with van der Waals surface area (Å²) in [7, 11) is 0. The molecule has 0 spiro atoms. The van der Waals surface area contributed by atoms with Crippen LogP contribution in [0.4, 0.5) is 13.2 Å². The van der Waals surface area contributed by atoms with E-state index >= 15 is 8.78 Å². The van der Waals surface area contributed by atoms with E-state index in [1.165, 1.54) is 13.8 Å². The molecule has 1 aromatic heterocycles. The first-order chi connectivity index (χ1) is 15.4. The molecule has 0 saturated carbocycles. The van der Waals surface area contributed by atoms with Crippen molar-refractivity contribution in [2.24, 2.45) is 0 Å². The first kappa shape index (κ1) is 23.6. The lowest BCUT2D eigenvalue weighted by Crippen LogP contribution is -2.48. The van der Waals surface area contributed by atoms with Crippen LogP contribution < -0.4 is 0 Å². The lowest BCUT2D eigenvalue weighted by atomic mass is 9.87. The minimum Gasteiger partial charge on any atom is -0.478 e. The Morgan fingerprint density at radius 3 is 2.55 bits per heavy atom. The second kappa shape index (κ2) is 8.65. The Morgan fingerprint density at radius 2 is 1.94 bits per heavy atom. The first-order valence-corrected chi connectivity index (χ1v) is 11.3. The molecule has 0 bridgehead atoms. The van der Waals surface area contributed by atoms with Gasteiger partial charge in [-0.05, 0) is 69.2 Å². The Labute approximate surface area is 197 Å². The van der Waals surface area contributed by atoms with Gasteiger partial charge in [-0.1, -0.05) is 15.9 Å². The largest absolute Gasteiger partial charge is 0.478 e. The van der Waals surface area contributed by atoms with Crippen molar-refractivity contribution in [1.82, 2.24) is 4.90 Å². The molecule has 0 amide bonds. The minimum absolute atomic E-state index is 0.0570. The molecule has 1 N–H and O–H groups in total. The van der Waals surface area contributed by atoms with Crippen LogP contribution in [0.15, 0.2) is 45.3 Å². The zero-order valence-corrected chi connectivity index (χ0v) is 19.9. The second-order valence-corrected chi connectivity index (χ2v) is 9.92. The molecular weight excluding hydrogens is 499 g/mol. The Kier molecular flexibility index (Phi) is 6.18. The van der Waals surface area contributed by atoms with Crippen LogP contribution in [0.25, 0.3) is 17.0 Å². The molecular formula is C25H23BrF3NO3. The van der Waals surface area contributed by atoms with Gasteiger partial charge >= 0.3 is 5.97 Å². The van der Waals surface area contributed by atoms with E-state index < -0.39 is 29.3 Å². The van der Waals surface area contributed by atoms with Gasteiger partial charge in [0, 0.05) is 39.6 Å². The van der Waals surface area contributed by atoms with Gasteiger partial charge < -0.3 is 9.52 Å². The number of halogens is 4. The van der Waals surface area contributed by atoms with Gasteiger partial charge in [0.2, 0.25) is 0 Å². The van der Waals surface area contributed by atoms with Gasteiger partial charge in [0.15, 0.2) is 0 Å². The zero-order valence-electron chi connectivity index (χ0n) is 18.3. The summed E-state index contributed by atoms with van der Waals surface area (Å²) in [6.45, 7) is 4.69. The molecule has 2 atom stereocenters. The molecule has 174 valence electrons. The van der Waals surface area contributed by atoms with Crippen molar-refractivity contribution < 1.29 is 27.5 Å². The van der Waals surface area contributed by atoms with Gasteiger partial charge in [-0.2, -0.15) is 0 Å². The Balaban J connectivity index is 1.93. The summed E-state index contributed by atoms with van der Waals surface area (Å²) < 4.78 is 52.5. The number of carboxylic acids is 1. The van der Waals surface area contributed by atoms with Gasteiger partial charge in [0.05, 0.1) is 0 Å². The number of fused-ring (bicyclic) bond motifs is 3. The van der Waals surface area contributed by atoms with Crippen LogP contribution in [0.3, 0.4) is 0 Å². The van der Waals surface area contributed by atoms with Crippen LogP contribution in [0, 0.1) is 11.6 Å². The predicted octanol–water partition coefficient (Wildman–Crippen LogP) is 6.66. The monoisotopic (exact) mass is 521 g/mol. The van der Waals surface area contributed by atoms with E-state index in [9.17, 15) is 9.18 Å². The molecule has 1 aliphatic heterocycles. The van der Waals surface area contributed by atoms with Crippen LogP contribution in [0.2, 0.25) is 0 Å². The second-order valence-electron chi connectivity index (χ2n) is 9.00. The van der Waals surface area contributed by atoms with Crippen molar-refractivity contribution in [3.8, 4) is 0 Å². The van der Waals surface area contributed by atoms with Gasteiger partial charge in [-0.15, -0.1) is 0 Å². The lowest BCUT2D eigenvalue weighted by molar-refractivity contribution is -0.131. The highest BCUT2D eigenvalue weighted by Crippen LogP contribution is 2.45. The average Bonchev–Trinajstić information content (AvgIpc) is 3.04. The summed E-state index contributed by atoms with van der Waals surface area (Å²) in [5.74, 6) is -2.55. The smallest absolute Gasteiger partial charge is 0.328 e. The maximum absolute atomic E-state index is 15.4. The zero-order chi connectivity index (χ0) is 24.1. The van der Waals surface area contributed by atoms with Gasteiger partial charge in [-0.25, -0.2) is 18.0 Å². The summed E-state index contributed by atoms with van der Waals surface area (Å²) in [6, 6.07) is 6.47. The summed E-state index contributed by atoms with van der Waals surface area (Å²) >= 11 is 3.46. The van der Waals surface area contributed by atoms with Gasteiger partial charge in [0.25, 0.3) is 0 Å². The van der Waals surface area contributed by atoms with Gasteiger partial charge in [0.1, 0.15) is 34.7 Å². The molecule has 1 aliphatic rings. The molecule has 33 heavy (non-hydrogen) atoms. The highest BCUT2D eigenvalue weighted by Gasteiger charge is 2.42. The number of hydrogen-bond donors (Lipinski definition) is 1. The summed E-state index contributed by atoms with van der Waals surface area (Å²) in [5, 5.41) is 9.65. The molecule has 0 fully saturated rings. The molecule has 8 heteroatoms. The van der Waals surface area contributed by atoms with Crippen molar-refractivity contribution in [1.29, 1.82) is 0 Å². The maximum Gasteiger partial charge on any atom is 0.328 e. The SMILES string of the molecule is C[C@@H]1Cc2c(oc3ccc(Br)cc23)[C@@H](c2c(F)cc(/C=C/C(=O)O)cc2F)N1CC(C)(C)F. The molecule has 0 saturated heterocycles. The number of carboxylic acid groups (broad SMARTS) is 1. The number of carbonyl (C=O) groups is 1. The Hall–Kier alpha value is -2.58. The van der Waals surface area contributed by atoms with E-state index in [4.69, 9.17) is 9.52 Å². The number of hydrogen-bond acceptors (Lipinski definition) is 3. The number of nitrogens with zero attached hydrogens (tertiary/aromatic N) is 1. The van der Waals surface area contributed by atoms with E-state index in [1.807, 2.05) is 19.1 Å². The fourth-order valence-electron chi connectivity index (χ4n) is 4.50. The summed E-state index contributed by atoms with van der Waals surface area (Å²) in [6.07, 6.45) is 2.46. The number of alkyl halides is 1. The molecule has 2 aromatic carbocycles. The third-order valence-corrected chi connectivity index (χ3v) is 6.27. The van der Waals surface area contributed by atoms with Crippen LogP contribution in [-0.2, 0) is 11.2 Å². The summed E-state index contributed by atoms with van der Waals surface area (Å²) in [4.78, 5) is 12.5. The van der Waals surface area contributed by atoms with E-state index in [2.05, 4.69) is 15.9 Å². The Morgan fingerprint density at radius 1 is 1.27 bits per heavy atom. The highest BCUT2D eigenvalue weighted by atomic mass is 79.9. The molecule has 4 nitrogen and oxygen atoms in total. The third kappa shape index (κ3) is 4.73. The van der Waals surface area contributed by atoms with Crippen molar-refractivity contribution in [2.75, 3.05) is 6.54 Å². The fraction of sp³-hybridized carbons (Fsp3) is 0.320. The first-order valence-electron chi connectivity index (χ1n) is 10.5. The number of benzene rings is 2. The minimum atomic E-state index is -1.61. The highest BCUT2D eigenvalue weighted by molar-refractivity contribution is 9.10. The van der Waals surface area contributed by atoms with Crippen LogP contribution in [0.5, 0.6) is 0 Å². The molecule has 3 aromatic rings. The topological polar surface area (TPSA) is 53.7 Å². The van der Waals surface area contributed by atoms with E-state index in [-0.39, 0.29) is 23.7 Å². The molecule has 0 aliphatic carbocycles. The maximum atomic E-state index is 15.4. The quantitative estimate of drug-likeness (QED) is 0.381. The Bertz CT molecular complexity index is 1240. The number of furan rings is 1. The van der Waals surface area contributed by atoms with Crippen molar-refractivity contribution in [2.45, 2.75) is 44.9 Å².